The van der Waals surface area contributed by atoms with E-state index in [1.54, 1.807) is 0 Å². The van der Waals surface area contributed by atoms with E-state index < -0.39 is 18.5 Å². The van der Waals surface area contributed by atoms with Crippen molar-refractivity contribution in [3.05, 3.63) is 0 Å². The third-order valence-corrected chi connectivity index (χ3v) is 5.80. The van der Waals surface area contributed by atoms with E-state index in [4.69, 9.17) is 61.9 Å². The third-order valence-electron chi connectivity index (χ3n) is 5.80. The number of nitrogens with one attached hydrogen (secondary N) is 1. The van der Waals surface area contributed by atoms with Crippen molar-refractivity contribution in [3.63, 3.8) is 0 Å². The summed E-state index contributed by atoms with van der Waals surface area (Å²) < 4.78 is 70.0. The predicted octanol–water partition coefficient (Wildman–Crippen LogP) is -1.04. The molecule has 0 unspecified atom stereocenters. The van der Waals surface area contributed by atoms with Gasteiger partial charge in [0.05, 0.1) is 159 Å². The second-order valence-corrected chi connectivity index (χ2v) is 10.4. The van der Waals surface area contributed by atoms with Crippen LogP contribution in [0.2, 0.25) is 0 Å². The van der Waals surface area contributed by atoms with Gasteiger partial charge in [-0.2, -0.15) is 0 Å². The van der Waals surface area contributed by atoms with Gasteiger partial charge in [-0.1, -0.05) is 0 Å². The number of carboxylic acids is 1. The number of rotatable bonds is 43. The Labute approximate surface area is 297 Å². The van der Waals surface area contributed by atoms with E-state index in [-0.39, 0.29) is 6.61 Å². The lowest BCUT2D eigenvalue weighted by molar-refractivity contribution is -0.143. The van der Waals surface area contributed by atoms with Crippen LogP contribution in [0, 0.1) is 0 Å². The summed E-state index contributed by atoms with van der Waals surface area (Å²) in [6.45, 7) is 12.2. The van der Waals surface area contributed by atoms with Gasteiger partial charge in [-0.25, -0.2) is 4.79 Å². The summed E-state index contributed by atoms with van der Waals surface area (Å²) in [5.74, 6) is -1.52. The van der Waals surface area contributed by atoms with Crippen LogP contribution in [0.15, 0.2) is 0 Å². The number of carboxylic acid groups (broad SMARTS) is 1. The summed E-state index contributed by atoms with van der Waals surface area (Å²) in [6.07, 6.45) is 0. The Morgan fingerprint density at radius 3 is 0.920 bits per heavy atom. The van der Waals surface area contributed by atoms with Crippen molar-refractivity contribution >= 4 is 11.9 Å². The molecule has 0 spiro atoms. The lowest BCUT2D eigenvalue weighted by Crippen LogP contribution is -2.31. The normalized spacial score (nSPS) is 11.5. The zero-order valence-electron chi connectivity index (χ0n) is 30.3. The van der Waals surface area contributed by atoms with E-state index in [1.807, 2.05) is 14.1 Å². The minimum atomic E-state index is -1.12. The van der Waals surface area contributed by atoms with E-state index in [0.717, 1.165) is 6.54 Å². The Hall–Kier alpha value is -1.62. The first kappa shape index (κ1) is 48.4. The average Bonchev–Trinajstić information content (AvgIpc) is 3.09. The molecule has 18 nitrogen and oxygen atoms in total. The van der Waals surface area contributed by atoms with Crippen molar-refractivity contribution in [1.82, 2.24) is 10.2 Å². The van der Waals surface area contributed by atoms with Crippen LogP contribution < -0.4 is 5.32 Å². The van der Waals surface area contributed by atoms with E-state index in [0.29, 0.717) is 165 Å². The summed E-state index contributed by atoms with van der Waals surface area (Å²) in [4.78, 5) is 23.7. The van der Waals surface area contributed by atoms with Crippen LogP contribution >= 0.6 is 0 Å². The van der Waals surface area contributed by atoms with Gasteiger partial charge in [-0.15, -0.1) is 0 Å². The molecular formula is C32H64N2O16. The van der Waals surface area contributed by atoms with Gasteiger partial charge in [0.2, 0.25) is 5.91 Å². The first-order chi connectivity index (χ1) is 24.5. The first-order valence-electron chi connectivity index (χ1n) is 17.2. The van der Waals surface area contributed by atoms with Gasteiger partial charge in [-0.3, -0.25) is 4.79 Å². The number of aliphatic carboxylic acids is 1. The molecule has 0 saturated heterocycles. The monoisotopic (exact) mass is 732 g/mol. The number of carbonyl (C=O) groups is 2. The SMILES string of the molecule is CN(C)CCOCCOCCOCCOCCOCCOCCOCCOCCOCCOCCOCCOCCNC(=O)COCC(=O)O. The van der Waals surface area contributed by atoms with Crippen LogP contribution in [0.1, 0.15) is 0 Å². The molecule has 2 N–H and O–H groups in total. The minimum Gasteiger partial charge on any atom is -0.480 e. The molecule has 1 amide bonds. The maximum absolute atomic E-state index is 11.4. The van der Waals surface area contributed by atoms with E-state index in [9.17, 15) is 9.59 Å². The number of hydrogen-bond acceptors (Lipinski definition) is 16. The molecule has 0 saturated carbocycles. The molecule has 50 heavy (non-hydrogen) atoms. The molecule has 0 aliphatic carbocycles. The molecule has 0 rings (SSSR count). The van der Waals surface area contributed by atoms with E-state index in [2.05, 4.69) is 15.0 Å². The maximum Gasteiger partial charge on any atom is 0.329 e. The lowest BCUT2D eigenvalue weighted by atomic mass is 10.6. The zero-order valence-corrected chi connectivity index (χ0v) is 30.3. The predicted molar refractivity (Wildman–Crippen MR) is 180 cm³/mol. The van der Waals surface area contributed by atoms with Crippen molar-refractivity contribution in [3.8, 4) is 0 Å². The lowest BCUT2D eigenvalue weighted by Gasteiger charge is -2.10. The molecule has 0 aliphatic rings. The highest BCUT2D eigenvalue weighted by Crippen LogP contribution is 1.88. The Morgan fingerprint density at radius 1 is 0.400 bits per heavy atom. The number of hydrogen-bond donors (Lipinski definition) is 2. The molecule has 0 aromatic rings. The van der Waals surface area contributed by atoms with E-state index >= 15 is 0 Å². The van der Waals surface area contributed by atoms with Crippen LogP contribution in [0.3, 0.4) is 0 Å². The third kappa shape index (κ3) is 44.4. The van der Waals surface area contributed by atoms with Crippen molar-refractivity contribution in [1.29, 1.82) is 0 Å². The standard InChI is InChI=1S/C32H64N2O16/c1-34(2)4-6-39-8-10-41-12-14-43-16-18-45-20-22-47-24-26-49-28-27-48-25-23-46-21-19-44-17-15-42-13-11-40-9-7-38-5-3-33-31(35)29-50-30-32(36)37/h3-30H2,1-2H3,(H,33,35)(H,36,37). The Morgan fingerprint density at radius 2 is 0.660 bits per heavy atom. The highest BCUT2D eigenvalue weighted by Gasteiger charge is 2.03. The van der Waals surface area contributed by atoms with Gasteiger partial charge >= 0.3 is 5.97 Å². The van der Waals surface area contributed by atoms with Gasteiger partial charge in [0, 0.05) is 13.1 Å². The molecule has 298 valence electrons. The first-order valence-corrected chi connectivity index (χ1v) is 17.2. The largest absolute Gasteiger partial charge is 0.480 e. The van der Waals surface area contributed by atoms with E-state index in [1.165, 1.54) is 0 Å². The fourth-order valence-electron chi connectivity index (χ4n) is 3.31. The van der Waals surface area contributed by atoms with Crippen LogP contribution in [0.5, 0.6) is 0 Å². The van der Waals surface area contributed by atoms with Gasteiger partial charge in [-0.05, 0) is 14.1 Å². The number of nitrogens with zero attached hydrogens (tertiary/aromatic N) is 1. The highest BCUT2D eigenvalue weighted by molar-refractivity contribution is 5.77. The average molecular weight is 733 g/mol. The van der Waals surface area contributed by atoms with Gasteiger partial charge in [0.1, 0.15) is 13.2 Å². The van der Waals surface area contributed by atoms with Crippen LogP contribution in [-0.2, 0) is 71.2 Å². The number of carbonyl (C=O) groups excluding carboxylic acids is 1. The topological polar surface area (TPSA) is 190 Å². The molecule has 0 atom stereocenters. The molecule has 0 fully saturated rings. The fraction of sp³-hybridized carbons (Fsp3) is 0.938. The molecule has 0 radical (unpaired) electrons. The quantitative estimate of drug-likeness (QED) is 0.0723. The van der Waals surface area contributed by atoms with Crippen LogP contribution in [0.25, 0.3) is 0 Å². The molecule has 0 heterocycles. The Kier molecular flexibility index (Phi) is 40.4. The summed E-state index contributed by atoms with van der Waals surface area (Å²) in [5.41, 5.74) is 0. The minimum absolute atomic E-state index is 0.299. The van der Waals surface area contributed by atoms with Gasteiger partial charge in [0.25, 0.3) is 0 Å². The number of amides is 1. The maximum atomic E-state index is 11.4. The number of likely N-dealkylation sites (N-methyl/N-ethyl adjacent to an activating group) is 1. The molecular weight excluding hydrogens is 668 g/mol. The Bertz CT molecular complexity index is 711. The van der Waals surface area contributed by atoms with Crippen LogP contribution in [0.4, 0.5) is 0 Å². The van der Waals surface area contributed by atoms with Crippen LogP contribution in [-0.4, -0.2) is 221 Å². The van der Waals surface area contributed by atoms with Crippen molar-refractivity contribution in [2.45, 2.75) is 0 Å². The molecule has 18 heteroatoms. The molecule has 0 aliphatic heterocycles. The molecule has 0 aromatic heterocycles. The van der Waals surface area contributed by atoms with Crippen molar-refractivity contribution in [2.24, 2.45) is 0 Å². The summed E-state index contributed by atoms with van der Waals surface area (Å²) in [7, 11) is 4.03. The van der Waals surface area contributed by atoms with Crippen molar-refractivity contribution < 1.29 is 76.3 Å². The van der Waals surface area contributed by atoms with Gasteiger partial charge in [0.15, 0.2) is 0 Å². The number of ether oxygens (including phenoxy) is 13. The zero-order chi connectivity index (χ0) is 36.4. The molecule has 0 aromatic carbocycles. The summed E-state index contributed by atoms with van der Waals surface area (Å²) in [6, 6.07) is 0. The second-order valence-electron chi connectivity index (χ2n) is 10.4. The van der Waals surface area contributed by atoms with Crippen molar-refractivity contribution in [2.75, 3.05) is 199 Å². The van der Waals surface area contributed by atoms with Gasteiger partial charge < -0.3 is 76.9 Å². The fourth-order valence-corrected chi connectivity index (χ4v) is 3.31. The second kappa shape index (κ2) is 41.8. The Balaban J connectivity index is 3.09. The summed E-state index contributed by atoms with van der Waals surface area (Å²) in [5, 5.41) is 11.0. The smallest absolute Gasteiger partial charge is 0.329 e. The molecule has 0 bridgehead atoms. The highest BCUT2D eigenvalue weighted by atomic mass is 16.6. The summed E-state index contributed by atoms with van der Waals surface area (Å²) >= 11 is 0.